The third kappa shape index (κ3) is 3.57. The predicted molar refractivity (Wildman–Crippen MR) is 72.5 cm³/mol. The van der Waals surface area contributed by atoms with Gasteiger partial charge in [-0.1, -0.05) is 12.2 Å². The van der Waals surface area contributed by atoms with Crippen molar-refractivity contribution in [3.63, 3.8) is 0 Å². The molecule has 0 fully saturated rings. The third-order valence-corrected chi connectivity index (χ3v) is 3.85. The monoisotopic (exact) mass is 234 g/mol. The van der Waals surface area contributed by atoms with Gasteiger partial charge in [-0.25, -0.2) is 0 Å². The van der Waals surface area contributed by atoms with Gasteiger partial charge in [-0.15, -0.1) is 0 Å². The number of nitrogens with zero attached hydrogens (tertiary/aromatic N) is 2. The molecule has 0 aromatic carbocycles. The number of allylic oxidation sites excluding steroid dienone is 1. The van der Waals surface area contributed by atoms with E-state index in [-0.39, 0.29) is 5.92 Å². The van der Waals surface area contributed by atoms with Gasteiger partial charge in [0.25, 0.3) is 0 Å². The summed E-state index contributed by atoms with van der Waals surface area (Å²) in [5.74, 6) is 0.745. The Hall–Kier alpha value is -0.810. The van der Waals surface area contributed by atoms with Gasteiger partial charge in [0.15, 0.2) is 0 Å². The number of hydrogen-bond acceptors (Lipinski definition) is 2. The summed E-state index contributed by atoms with van der Waals surface area (Å²) in [6.07, 6.45) is 6.53. The second-order valence-electron chi connectivity index (χ2n) is 5.74. The van der Waals surface area contributed by atoms with Gasteiger partial charge in [0.05, 0.1) is 12.0 Å². The van der Waals surface area contributed by atoms with Crippen LogP contribution < -0.4 is 0 Å². The average molecular weight is 234 g/mol. The zero-order valence-electron chi connectivity index (χ0n) is 11.9. The molecule has 0 saturated heterocycles. The lowest BCUT2D eigenvalue weighted by Gasteiger charge is -2.40. The lowest BCUT2D eigenvalue weighted by atomic mass is 9.84. The van der Waals surface area contributed by atoms with Crippen LogP contribution in [0.3, 0.4) is 0 Å². The van der Waals surface area contributed by atoms with Crippen LogP contribution in [0.15, 0.2) is 12.2 Å². The molecule has 17 heavy (non-hydrogen) atoms. The fourth-order valence-electron chi connectivity index (χ4n) is 3.11. The van der Waals surface area contributed by atoms with Crippen LogP contribution in [-0.2, 0) is 0 Å². The number of hydrogen-bond donors (Lipinski definition) is 0. The van der Waals surface area contributed by atoms with E-state index in [1.807, 2.05) is 0 Å². The van der Waals surface area contributed by atoms with Gasteiger partial charge in [0, 0.05) is 18.1 Å². The van der Waals surface area contributed by atoms with Crippen molar-refractivity contribution in [3.8, 4) is 6.07 Å². The summed E-state index contributed by atoms with van der Waals surface area (Å²) in [6.45, 7) is 11.4. The maximum atomic E-state index is 8.89. The minimum atomic E-state index is 0.144. The summed E-state index contributed by atoms with van der Waals surface area (Å²) < 4.78 is 0. The Bertz CT molecular complexity index is 291. The highest BCUT2D eigenvalue weighted by Crippen LogP contribution is 2.28. The first-order valence-electron chi connectivity index (χ1n) is 6.82. The molecule has 0 N–H and O–H groups in total. The molecule has 3 unspecified atom stereocenters. The van der Waals surface area contributed by atoms with Crippen molar-refractivity contribution in [3.05, 3.63) is 12.2 Å². The van der Waals surface area contributed by atoms with Gasteiger partial charge < -0.3 is 0 Å². The molecule has 1 rings (SSSR count). The summed E-state index contributed by atoms with van der Waals surface area (Å²) in [4.78, 5) is 2.57. The van der Waals surface area contributed by atoms with Crippen LogP contribution in [0.5, 0.6) is 0 Å². The van der Waals surface area contributed by atoms with Gasteiger partial charge in [-0.2, -0.15) is 5.26 Å². The van der Waals surface area contributed by atoms with Crippen molar-refractivity contribution in [2.75, 3.05) is 0 Å². The van der Waals surface area contributed by atoms with Crippen molar-refractivity contribution in [2.24, 2.45) is 11.8 Å². The molecular formula is C15H26N2. The molecule has 0 spiro atoms. The van der Waals surface area contributed by atoms with E-state index in [1.165, 1.54) is 0 Å². The molecule has 2 nitrogen and oxygen atoms in total. The average Bonchev–Trinajstić information content (AvgIpc) is 2.28. The molecule has 3 atom stereocenters. The van der Waals surface area contributed by atoms with E-state index in [2.05, 4.69) is 57.7 Å². The molecule has 96 valence electrons. The predicted octanol–water partition coefficient (Wildman–Crippen LogP) is 3.60. The van der Waals surface area contributed by atoms with Gasteiger partial charge in [-0.3, -0.25) is 4.90 Å². The minimum absolute atomic E-state index is 0.144. The molecule has 0 heterocycles. The highest BCUT2D eigenvalue weighted by atomic mass is 15.2. The van der Waals surface area contributed by atoms with Crippen molar-refractivity contribution in [1.82, 2.24) is 4.90 Å². The van der Waals surface area contributed by atoms with Gasteiger partial charge in [0.1, 0.15) is 0 Å². The second-order valence-corrected chi connectivity index (χ2v) is 5.74. The van der Waals surface area contributed by atoms with E-state index in [0.717, 1.165) is 12.8 Å². The fraction of sp³-hybridized carbons (Fsp3) is 0.800. The summed E-state index contributed by atoms with van der Waals surface area (Å²) in [6, 6.07) is 4.05. The van der Waals surface area contributed by atoms with Gasteiger partial charge in [0.2, 0.25) is 0 Å². The Labute approximate surface area is 106 Å². The summed E-state index contributed by atoms with van der Waals surface area (Å²) >= 11 is 0. The van der Waals surface area contributed by atoms with E-state index in [9.17, 15) is 0 Å². The van der Waals surface area contributed by atoms with Crippen LogP contribution >= 0.6 is 0 Å². The summed E-state index contributed by atoms with van der Waals surface area (Å²) in [7, 11) is 0. The molecule has 0 radical (unpaired) electrons. The molecule has 1 aliphatic carbocycles. The van der Waals surface area contributed by atoms with Crippen LogP contribution in [0.2, 0.25) is 0 Å². The minimum Gasteiger partial charge on any atom is -0.295 e. The highest BCUT2D eigenvalue weighted by molar-refractivity contribution is 5.08. The van der Waals surface area contributed by atoms with E-state index in [4.69, 9.17) is 5.26 Å². The van der Waals surface area contributed by atoms with E-state index < -0.39 is 0 Å². The second kappa shape index (κ2) is 6.21. The molecule has 0 bridgehead atoms. The maximum Gasteiger partial charge on any atom is 0.0697 e. The summed E-state index contributed by atoms with van der Waals surface area (Å²) in [5.41, 5.74) is 0. The molecule has 0 saturated carbocycles. The Morgan fingerprint density at radius 2 is 1.65 bits per heavy atom. The first kappa shape index (κ1) is 14.3. The van der Waals surface area contributed by atoms with E-state index in [1.54, 1.807) is 0 Å². The highest BCUT2D eigenvalue weighted by Gasteiger charge is 2.27. The molecule has 0 aromatic rings. The van der Waals surface area contributed by atoms with Crippen molar-refractivity contribution in [2.45, 2.75) is 65.6 Å². The van der Waals surface area contributed by atoms with Crippen molar-refractivity contribution >= 4 is 0 Å². The Kier molecular flexibility index (Phi) is 5.21. The van der Waals surface area contributed by atoms with Gasteiger partial charge in [-0.05, 0) is 53.4 Å². The largest absolute Gasteiger partial charge is 0.295 e. The Morgan fingerprint density at radius 3 is 2.00 bits per heavy atom. The van der Waals surface area contributed by atoms with Crippen molar-refractivity contribution < 1.29 is 0 Å². The number of nitriles is 1. The standard InChI is InChI=1S/C15H26N2/c1-11(2)17(12(3)4)13(5)15-8-6-14(10-16)7-9-15/h6,8,11-15H,7,9H2,1-5H3. The van der Waals surface area contributed by atoms with Crippen molar-refractivity contribution in [1.29, 1.82) is 5.26 Å². The Morgan fingerprint density at radius 1 is 1.06 bits per heavy atom. The summed E-state index contributed by atoms with van der Waals surface area (Å²) in [5, 5.41) is 8.89. The molecule has 0 aliphatic heterocycles. The lowest BCUT2D eigenvalue weighted by molar-refractivity contribution is 0.0916. The van der Waals surface area contributed by atoms with Crippen LogP contribution in [0, 0.1) is 23.2 Å². The third-order valence-electron chi connectivity index (χ3n) is 3.85. The molecule has 0 aromatic heterocycles. The molecule has 2 heteroatoms. The number of rotatable bonds is 4. The zero-order chi connectivity index (χ0) is 13.0. The first-order valence-corrected chi connectivity index (χ1v) is 6.82. The fourth-order valence-corrected chi connectivity index (χ4v) is 3.11. The van der Waals surface area contributed by atoms with Gasteiger partial charge >= 0.3 is 0 Å². The normalized spacial score (nSPS) is 26.5. The quantitative estimate of drug-likeness (QED) is 0.695. The molecule has 0 amide bonds. The topological polar surface area (TPSA) is 27.0 Å². The Balaban J connectivity index is 2.70. The van der Waals surface area contributed by atoms with Crippen LogP contribution in [0.25, 0.3) is 0 Å². The van der Waals surface area contributed by atoms with E-state index in [0.29, 0.717) is 24.0 Å². The molecule has 1 aliphatic rings. The smallest absolute Gasteiger partial charge is 0.0697 e. The van der Waals surface area contributed by atoms with Crippen LogP contribution in [0.4, 0.5) is 0 Å². The molecular weight excluding hydrogens is 208 g/mol. The first-order chi connectivity index (χ1) is 7.97. The SMILES string of the molecule is CC(C)N(C(C)C)C(C)C1C=CC(C#N)CC1. The zero-order valence-corrected chi connectivity index (χ0v) is 11.9. The van der Waals surface area contributed by atoms with E-state index >= 15 is 0 Å². The van der Waals surface area contributed by atoms with Crippen LogP contribution in [0.1, 0.15) is 47.5 Å². The maximum absolute atomic E-state index is 8.89. The van der Waals surface area contributed by atoms with Crippen LogP contribution in [-0.4, -0.2) is 23.0 Å². The lowest BCUT2D eigenvalue weighted by Crippen LogP contribution is -2.47.